The lowest BCUT2D eigenvalue weighted by molar-refractivity contribution is -0.384. The predicted octanol–water partition coefficient (Wildman–Crippen LogP) is 3.51. The molecule has 28 heavy (non-hydrogen) atoms. The second-order valence-electron chi connectivity index (χ2n) is 6.45. The van der Waals surface area contributed by atoms with E-state index in [-0.39, 0.29) is 23.6 Å². The molecular formula is C21H18N2O5. The van der Waals surface area contributed by atoms with Crippen molar-refractivity contribution in [3.05, 3.63) is 93.6 Å². The van der Waals surface area contributed by atoms with Gasteiger partial charge in [-0.05, 0) is 24.6 Å². The van der Waals surface area contributed by atoms with E-state index in [4.69, 9.17) is 0 Å². The van der Waals surface area contributed by atoms with Crippen LogP contribution in [0.2, 0.25) is 0 Å². The van der Waals surface area contributed by atoms with Crippen LogP contribution in [0.1, 0.15) is 22.7 Å². The number of rotatable bonds is 5. The van der Waals surface area contributed by atoms with Crippen LogP contribution in [0.15, 0.2) is 66.8 Å². The van der Waals surface area contributed by atoms with Crippen LogP contribution in [0.5, 0.6) is 0 Å². The van der Waals surface area contributed by atoms with E-state index >= 15 is 0 Å². The first-order valence-corrected chi connectivity index (χ1v) is 8.56. The summed E-state index contributed by atoms with van der Waals surface area (Å²) in [5.74, 6) is -1.84. The molecule has 7 heteroatoms. The van der Waals surface area contributed by atoms with Gasteiger partial charge in [-0.2, -0.15) is 0 Å². The third-order valence-electron chi connectivity index (χ3n) is 4.61. The van der Waals surface area contributed by atoms with Crippen LogP contribution in [0, 0.1) is 17.0 Å². The quantitative estimate of drug-likeness (QED) is 0.214. The van der Waals surface area contributed by atoms with E-state index in [2.05, 4.69) is 6.58 Å². The number of nitro benzene ring substituents is 1. The fourth-order valence-electron chi connectivity index (χ4n) is 3.20. The molecule has 2 aromatic carbocycles. The average Bonchev–Trinajstić information content (AvgIpc) is 2.93. The fraction of sp³-hybridized carbons (Fsp3) is 0.143. The van der Waals surface area contributed by atoms with Crippen LogP contribution in [-0.2, 0) is 9.59 Å². The molecule has 0 aromatic heterocycles. The summed E-state index contributed by atoms with van der Waals surface area (Å²) in [6.45, 7) is 5.60. The normalized spacial score (nSPS) is 18.3. The van der Waals surface area contributed by atoms with Gasteiger partial charge in [0.1, 0.15) is 5.76 Å². The number of carbonyl (C=O) groups excluding carboxylic acids is 2. The van der Waals surface area contributed by atoms with Crippen molar-refractivity contribution in [1.82, 2.24) is 4.90 Å². The Balaban J connectivity index is 2.17. The number of ketones is 1. The minimum Gasteiger partial charge on any atom is -0.507 e. The Bertz CT molecular complexity index is 990. The Morgan fingerprint density at radius 2 is 1.79 bits per heavy atom. The van der Waals surface area contributed by atoms with Crippen molar-refractivity contribution in [2.24, 2.45) is 0 Å². The van der Waals surface area contributed by atoms with Crippen LogP contribution in [0.25, 0.3) is 5.76 Å². The Labute approximate surface area is 161 Å². The summed E-state index contributed by atoms with van der Waals surface area (Å²) < 4.78 is 0. The number of benzene rings is 2. The number of amides is 1. The number of non-ortho nitro benzene ring substituents is 1. The molecule has 1 N–H and O–H groups in total. The van der Waals surface area contributed by atoms with Gasteiger partial charge < -0.3 is 10.0 Å². The third-order valence-corrected chi connectivity index (χ3v) is 4.61. The van der Waals surface area contributed by atoms with E-state index in [1.807, 2.05) is 6.92 Å². The molecule has 1 atom stereocenters. The van der Waals surface area contributed by atoms with Crippen LogP contribution in [-0.4, -0.2) is 33.2 Å². The Hall–Kier alpha value is -3.74. The van der Waals surface area contributed by atoms with E-state index in [0.717, 1.165) is 5.56 Å². The van der Waals surface area contributed by atoms with Crippen molar-refractivity contribution < 1.29 is 19.6 Å². The van der Waals surface area contributed by atoms with Crippen LogP contribution >= 0.6 is 0 Å². The van der Waals surface area contributed by atoms with Crippen molar-refractivity contribution in [3.63, 3.8) is 0 Å². The van der Waals surface area contributed by atoms with E-state index in [1.54, 1.807) is 24.3 Å². The number of hydrogen-bond acceptors (Lipinski definition) is 5. The molecule has 0 spiro atoms. The minimum absolute atomic E-state index is 0.0513. The monoisotopic (exact) mass is 378 g/mol. The molecule has 0 saturated carbocycles. The lowest BCUT2D eigenvalue weighted by Crippen LogP contribution is -2.29. The van der Waals surface area contributed by atoms with Crippen molar-refractivity contribution in [2.45, 2.75) is 13.0 Å². The largest absolute Gasteiger partial charge is 0.507 e. The molecule has 0 radical (unpaired) electrons. The van der Waals surface area contributed by atoms with Gasteiger partial charge in [-0.25, -0.2) is 0 Å². The molecule has 142 valence electrons. The maximum absolute atomic E-state index is 12.7. The lowest BCUT2D eigenvalue weighted by atomic mass is 9.95. The lowest BCUT2D eigenvalue weighted by Gasteiger charge is -2.24. The predicted molar refractivity (Wildman–Crippen MR) is 103 cm³/mol. The van der Waals surface area contributed by atoms with Gasteiger partial charge in [-0.1, -0.05) is 35.9 Å². The number of nitrogens with zero attached hydrogens (tertiary/aromatic N) is 2. The van der Waals surface area contributed by atoms with Gasteiger partial charge in [-0.15, -0.1) is 6.58 Å². The molecule has 7 nitrogen and oxygen atoms in total. The zero-order valence-electron chi connectivity index (χ0n) is 15.2. The summed E-state index contributed by atoms with van der Waals surface area (Å²) >= 11 is 0. The van der Waals surface area contributed by atoms with Crippen LogP contribution in [0.4, 0.5) is 5.69 Å². The van der Waals surface area contributed by atoms with Gasteiger partial charge in [0.15, 0.2) is 0 Å². The first-order valence-electron chi connectivity index (χ1n) is 8.56. The third kappa shape index (κ3) is 3.29. The topological polar surface area (TPSA) is 101 Å². The minimum atomic E-state index is -0.861. The molecule has 1 unspecified atom stereocenters. The second kappa shape index (κ2) is 7.48. The SMILES string of the molecule is C=CCN1C(=O)C(=O)/C(=C(/O)c2ccc(C)cc2)C1c1ccc([N+](=O)[O-])cc1. The summed E-state index contributed by atoms with van der Waals surface area (Å²) in [5.41, 5.74) is 1.72. The smallest absolute Gasteiger partial charge is 0.295 e. The van der Waals surface area contributed by atoms with Crippen molar-refractivity contribution in [2.75, 3.05) is 6.54 Å². The molecule has 1 aliphatic heterocycles. The number of likely N-dealkylation sites (tertiary alicyclic amines) is 1. The maximum Gasteiger partial charge on any atom is 0.295 e. The highest BCUT2D eigenvalue weighted by molar-refractivity contribution is 6.46. The Kier molecular flexibility index (Phi) is 5.08. The first-order chi connectivity index (χ1) is 13.3. The number of nitro groups is 1. The van der Waals surface area contributed by atoms with Gasteiger partial charge >= 0.3 is 0 Å². The van der Waals surface area contributed by atoms with Crippen LogP contribution in [0.3, 0.4) is 0 Å². The number of Topliss-reactive ketones (excluding diaryl/α,β-unsaturated/α-hetero) is 1. The van der Waals surface area contributed by atoms with Gasteiger partial charge in [-0.3, -0.25) is 19.7 Å². The van der Waals surface area contributed by atoms with E-state index in [0.29, 0.717) is 11.1 Å². The van der Waals surface area contributed by atoms with Gasteiger partial charge in [0, 0.05) is 24.2 Å². The summed E-state index contributed by atoms with van der Waals surface area (Å²) in [6.07, 6.45) is 1.48. The number of carbonyl (C=O) groups is 2. The number of aryl methyl sites for hydroxylation is 1. The molecule has 2 aromatic rings. The zero-order chi connectivity index (χ0) is 20.4. The second-order valence-corrected chi connectivity index (χ2v) is 6.45. The number of aliphatic hydroxyl groups excluding tert-OH is 1. The molecule has 1 heterocycles. The molecule has 0 aliphatic carbocycles. The van der Waals surface area contributed by atoms with E-state index in [1.165, 1.54) is 35.2 Å². The molecule has 1 aliphatic rings. The number of hydrogen-bond donors (Lipinski definition) is 1. The van der Waals surface area contributed by atoms with Crippen molar-refractivity contribution in [1.29, 1.82) is 0 Å². The maximum atomic E-state index is 12.7. The van der Waals surface area contributed by atoms with E-state index in [9.17, 15) is 24.8 Å². The highest BCUT2D eigenvalue weighted by Gasteiger charge is 2.45. The van der Waals surface area contributed by atoms with Crippen molar-refractivity contribution in [3.8, 4) is 0 Å². The Morgan fingerprint density at radius 1 is 1.18 bits per heavy atom. The van der Waals surface area contributed by atoms with Crippen LogP contribution < -0.4 is 0 Å². The molecular weight excluding hydrogens is 360 g/mol. The standard InChI is InChI=1S/C21H18N2O5/c1-3-12-22-18(14-8-10-16(11-9-14)23(27)28)17(20(25)21(22)26)19(24)15-6-4-13(2)5-7-15/h3-11,18,24H,1,12H2,2H3/b19-17+. The van der Waals surface area contributed by atoms with E-state index < -0.39 is 22.7 Å². The Morgan fingerprint density at radius 3 is 2.32 bits per heavy atom. The summed E-state index contributed by atoms with van der Waals surface area (Å²) in [4.78, 5) is 36.9. The van der Waals surface area contributed by atoms with Gasteiger partial charge in [0.25, 0.3) is 17.4 Å². The highest BCUT2D eigenvalue weighted by Crippen LogP contribution is 2.39. The van der Waals surface area contributed by atoms with Gasteiger partial charge in [0.05, 0.1) is 16.5 Å². The average molecular weight is 378 g/mol. The molecule has 1 amide bonds. The summed E-state index contributed by atoms with van der Waals surface area (Å²) in [6, 6.07) is 11.6. The molecule has 1 saturated heterocycles. The van der Waals surface area contributed by atoms with Crippen molar-refractivity contribution >= 4 is 23.1 Å². The first kappa shape index (κ1) is 19.0. The van der Waals surface area contributed by atoms with Gasteiger partial charge in [0.2, 0.25) is 0 Å². The molecule has 0 bridgehead atoms. The highest BCUT2D eigenvalue weighted by atomic mass is 16.6. The fourth-order valence-corrected chi connectivity index (χ4v) is 3.20. The zero-order valence-corrected chi connectivity index (χ0v) is 15.2. The molecule has 1 fully saturated rings. The number of aliphatic hydroxyl groups is 1. The summed E-state index contributed by atoms with van der Waals surface area (Å²) in [5, 5.41) is 21.7. The summed E-state index contributed by atoms with van der Waals surface area (Å²) in [7, 11) is 0. The molecule has 3 rings (SSSR count).